The molecule has 29 heavy (non-hydrogen) atoms. The van der Waals surface area contributed by atoms with Gasteiger partial charge in [0.15, 0.2) is 5.69 Å². The van der Waals surface area contributed by atoms with Gasteiger partial charge in [-0.2, -0.15) is 26.7 Å². The fourth-order valence-corrected chi connectivity index (χ4v) is 4.14. The predicted molar refractivity (Wildman–Crippen MR) is 103 cm³/mol. The van der Waals surface area contributed by atoms with E-state index in [1.165, 1.54) is 10.7 Å². The number of halogens is 3. The Labute approximate surface area is 166 Å². The molecule has 0 unspecified atom stereocenters. The lowest BCUT2D eigenvalue weighted by atomic mass is 10.0. The maximum atomic E-state index is 13.7. The van der Waals surface area contributed by atoms with Crippen LogP contribution in [0.3, 0.4) is 0 Å². The number of aromatic nitrogens is 2. The molecule has 154 valence electrons. The first-order valence-electron chi connectivity index (χ1n) is 8.81. The highest BCUT2D eigenvalue weighted by molar-refractivity contribution is 7.85. The van der Waals surface area contributed by atoms with E-state index in [4.69, 9.17) is 4.18 Å². The van der Waals surface area contributed by atoms with Crippen molar-refractivity contribution in [2.75, 3.05) is 6.61 Å². The van der Waals surface area contributed by atoms with E-state index in [1.54, 1.807) is 62.4 Å². The molecule has 0 atom stereocenters. The third-order valence-electron chi connectivity index (χ3n) is 4.24. The number of nitrogens with zero attached hydrogens (tertiary/aromatic N) is 2. The minimum absolute atomic E-state index is 0.00885. The van der Waals surface area contributed by atoms with E-state index in [-0.39, 0.29) is 17.9 Å². The minimum atomic E-state index is -4.64. The zero-order valence-corrected chi connectivity index (χ0v) is 16.6. The number of benzene rings is 2. The first-order chi connectivity index (χ1) is 13.6. The van der Waals surface area contributed by atoms with Crippen molar-refractivity contribution in [2.45, 2.75) is 25.8 Å². The standard InChI is InChI=1S/C20H19F3N2O3S/c1-3-28-29(26,27)13-15-8-7-11-17(12-15)25-14(2)18(16-9-5-4-6-10-16)19(24-25)20(21,22)23/h4-12H,3,13H2,1-2H3. The van der Waals surface area contributed by atoms with E-state index >= 15 is 0 Å². The molecule has 0 fully saturated rings. The first-order valence-corrected chi connectivity index (χ1v) is 10.4. The van der Waals surface area contributed by atoms with Crippen molar-refractivity contribution in [3.8, 4) is 16.8 Å². The lowest BCUT2D eigenvalue weighted by Crippen LogP contribution is -2.10. The summed E-state index contributed by atoms with van der Waals surface area (Å²) in [6.07, 6.45) is -4.64. The molecule has 9 heteroatoms. The van der Waals surface area contributed by atoms with E-state index in [0.29, 0.717) is 22.5 Å². The number of hydrogen-bond acceptors (Lipinski definition) is 4. The first kappa shape index (κ1) is 21.1. The van der Waals surface area contributed by atoms with Gasteiger partial charge >= 0.3 is 6.18 Å². The summed E-state index contributed by atoms with van der Waals surface area (Å²) in [7, 11) is -3.77. The van der Waals surface area contributed by atoms with Crippen LogP contribution in [0.5, 0.6) is 0 Å². The van der Waals surface area contributed by atoms with Gasteiger partial charge in [0.2, 0.25) is 0 Å². The Morgan fingerprint density at radius 1 is 1.07 bits per heavy atom. The summed E-state index contributed by atoms with van der Waals surface area (Å²) in [5, 5.41) is 3.81. The third-order valence-corrected chi connectivity index (χ3v) is 5.52. The predicted octanol–water partition coefficient (Wildman–Crippen LogP) is 4.73. The van der Waals surface area contributed by atoms with E-state index in [9.17, 15) is 21.6 Å². The van der Waals surface area contributed by atoms with Crippen LogP contribution in [0.15, 0.2) is 54.6 Å². The molecule has 0 spiro atoms. The third kappa shape index (κ3) is 4.68. The van der Waals surface area contributed by atoms with Crippen LogP contribution in [-0.2, 0) is 26.2 Å². The summed E-state index contributed by atoms with van der Waals surface area (Å²) < 4.78 is 70.7. The fourth-order valence-electron chi connectivity index (χ4n) is 3.11. The van der Waals surface area contributed by atoms with Crippen molar-refractivity contribution in [1.82, 2.24) is 9.78 Å². The molecule has 0 amide bonds. The fraction of sp³-hybridized carbons (Fsp3) is 0.250. The number of alkyl halides is 3. The van der Waals surface area contributed by atoms with Gasteiger partial charge in [0, 0.05) is 11.3 Å². The van der Waals surface area contributed by atoms with Crippen LogP contribution in [-0.4, -0.2) is 24.8 Å². The average molecular weight is 424 g/mol. The number of hydrogen-bond donors (Lipinski definition) is 0. The van der Waals surface area contributed by atoms with E-state index in [1.807, 2.05) is 0 Å². The highest BCUT2D eigenvalue weighted by atomic mass is 32.2. The highest BCUT2D eigenvalue weighted by Crippen LogP contribution is 2.39. The monoisotopic (exact) mass is 424 g/mol. The van der Waals surface area contributed by atoms with Crippen LogP contribution < -0.4 is 0 Å². The number of rotatable bonds is 6. The second kappa shape index (κ2) is 8.00. The Bertz CT molecular complexity index is 1110. The van der Waals surface area contributed by atoms with E-state index < -0.39 is 22.0 Å². The van der Waals surface area contributed by atoms with Crippen molar-refractivity contribution in [3.05, 3.63) is 71.5 Å². The van der Waals surface area contributed by atoms with Crippen LogP contribution in [0.4, 0.5) is 13.2 Å². The largest absolute Gasteiger partial charge is 0.435 e. The van der Waals surface area contributed by atoms with Gasteiger partial charge in [-0.3, -0.25) is 4.18 Å². The molecule has 1 aromatic heterocycles. The second-order valence-electron chi connectivity index (χ2n) is 6.36. The molecule has 0 aliphatic carbocycles. The molecule has 1 heterocycles. The van der Waals surface area contributed by atoms with Crippen molar-refractivity contribution in [3.63, 3.8) is 0 Å². The Morgan fingerprint density at radius 3 is 2.38 bits per heavy atom. The maximum absolute atomic E-state index is 13.7. The topological polar surface area (TPSA) is 61.2 Å². The summed E-state index contributed by atoms with van der Waals surface area (Å²) >= 11 is 0. The molecular formula is C20H19F3N2O3S. The molecule has 0 saturated carbocycles. The van der Waals surface area contributed by atoms with Crippen molar-refractivity contribution < 1.29 is 25.8 Å². The van der Waals surface area contributed by atoms with Crippen LogP contribution in [0.2, 0.25) is 0 Å². The molecule has 3 aromatic rings. The summed E-state index contributed by atoms with van der Waals surface area (Å²) in [6.45, 7) is 3.12. The Hall–Kier alpha value is -2.65. The van der Waals surface area contributed by atoms with Crippen molar-refractivity contribution >= 4 is 10.1 Å². The molecule has 0 radical (unpaired) electrons. The van der Waals surface area contributed by atoms with Gasteiger partial charge in [-0.1, -0.05) is 42.5 Å². The van der Waals surface area contributed by atoms with Crippen LogP contribution >= 0.6 is 0 Å². The lowest BCUT2D eigenvalue weighted by Gasteiger charge is -2.09. The Kier molecular flexibility index (Phi) is 5.81. The summed E-state index contributed by atoms with van der Waals surface area (Å²) in [5.41, 5.74) is 0.422. The van der Waals surface area contributed by atoms with Gasteiger partial charge in [-0.05, 0) is 37.1 Å². The van der Waals surface area contributed by atoms with Crippen LogP contribution in [0.1, 0.15) is 23.9 Å². The van der Waals surface area contributed by atoms with Crippen LogP contribution in [0.25, 0.3) is 16.8 Å². The van der Waals surface area contributed by atoms with Gasteiger partial charge in [0.1, 0.15) is 5.75 Å². The lowest BCUT2D eigenvalue weighted by molar-refractivity contribution is -0.140. The average Bonchev–Trinajstić information content (AvgIpc) is 3.00. The van der Waals surface area contributed by atoms with E-state index in [0.717, 1.165) is 0 Å². The zero-order valence-electron chi connectivity index (χ0n) is 15.8. The zero-order chi connectivity index (χ0) is 21.2. The SMILES string of the molecule is CCOS(=O)(=O)Cc1cccc(-n2nc(C(F)(F)F)c(-c3ccccc3)c2C)c1. The van der Waals surface area contributed by atoms with E-state index in [2.05, 4.69) is 5.10 Å². The molecule has 0 bridgehead atoms. The highest BCUT2D eigenvalue weighted by Gasteiger charge is 2.39. The van der Waals surface area contributed by atoms with Crippen molar-refractivity contribution in [2.24, 2.45) is 0 Å². The Balaban J connectivity index is 2.11. The summed E-state index contributed by atoms with van der Waals surface area (Å²) in [5.74, 6) is -0.382. The maximum Gasteiger partial charge on any atom is 0.435 e. The Morgan fingerprint density at radius 2 is 1.76 bits per heavy atom. The smallest absolute Gasteiger partial charge is 0.270 e. The molecule has 0 N–H and O–H groups in total. The molecule has 0 aliphatic rings. The molecule has 5 nitrogen and oxygen atoms in total. The molecule has 0 saturated heterocycles. The van der Waals surface area contributed by atoms with Gasteiger partial charge in [-0.25, -0.2) is 4.68 Å². The van der Waals surface area contributed by atoms with Crippen LogP contribution in [0, 0.1) is 6.92 Å². The molecule has 3 rings (SSSR count). The second-order valence-corrected chi connectivity index (χ2v) is 8.00. The summed E-state index contributed by atoms with van der Waals surface area (Å²) in [4.78, 5) is 0. The minimum Gasteiger partial charge on any atom is -0.270 e. The normalized spacial score (nSPS) is 12.3. The van der Waals surface area contributed by atoms with Gasteiger partial charge in [0.25, 0.3) is 10.1 Å². The molecule has 0 aliphatic heterocycles. The molecular weight excluding hydrogens is 405 g/mol. The summed E-state index contributed by atoms with van der Waals surface area (Å²) in [6, 6.07) is 14.4. The van der Waals surface area contributed by atoms with Gasteiger partial charge in [-0.15, -0.1) is 0 Å². The molecule has 2 aromatic carbocycles. The van der Waals surface area contributed by atoms with Crippen molar-refractivity contribution in [1.29, 1.82) is 0 Å². The van der Waals surface area contributed by atoms with Gasteiger partial charge in [0.05, 0.1) is 12.3 Å². The quantitative estimate of drug-likeness (QED) is 0.537. The van der Waals surface area contributed by atoms with Gasteiger partial charge < -0.3 is 0 Å².